The van der Waals surface area contributed by atoms with Crippen molar-refractivity contribution >= 4 is 21.6 Å². The predicted octanol–water partition coefficient (Wildman–Crippen LogP) is 2.33. The fraction of sp³-hybridized carbons (Fsp3) is 0.364. The van der Waals surface area contributed by atoms with Gasteiger partial charge in [-0.15, -0.1) is 11.3 Å². The Bertz CT molecular complexity index is 471. The first-order valence-corrected chi connectivity index (χ1v) is 5.74. The van der Waals surface area contributed by atoms with Crippen LogP contribution in [0.4, 0.5) is 0 Å². The standard InChI is InChI=1S/C11H12N2S/c12-11(3-4-11)6-8-1-2-10-9(5-8)13-7-14-10/h1-2,5,7H,3-4,6,12H2. The molecule has 72 valence electrons. The van der Waals surface area contributed by atoms with Crippen LogP contribution in [0.3, 0.4) is 0 Å². The number of hydrogen-bond acceptors (Lipinski definition) is 3. The van der Waals surface area contributed by atoms with Gasteiger partial charge in [0.1, 0.15) is 0 Å². The van der Waals surface area contributed by atoms with E-state index in [1.165, 1.54) is 23.1 Å². The van der Waals surface area contributed by atoms with E-state index in [9.17, 15) is 0 Å². The highest BCUT2D eigenvalue weighted by Crippen LogP contribution is 2.36. The fourth-order valence-electron chi connectivity index (χ4n) is 1.76. The second kappa shape index (κ2) is 2.78. The van der Waals surface area contributed by atoms with Crippen LogP contribution in [-0.2, 0) is 6.42 Å². The van der Waals surface area contributed by atoms with Gasteiger partial charge < -0.3 is 5.73 Å². The first-order valence-electron chi connectivity index (χ1n) is 4.86. The van der Waals surface area contributed by atoms with E-state index in [2.05, 4.69) is 23.2 Å². The molecule has 14 heavy (non-hydrogen) atoms. The molecule has 1 aromatic carbocycles. The highest BCUT2D eigenvalue weighted by Gasteiger charge is 2.37. The molecule has 1 aromatic heterocycles. The third kappa shape index (κ3) is 1.42. The minimum absolute atomic E-state index is 0.101. The summed E-state index contributed by atoms with van der Waals surface area (Å²) in [6, 6.07) is 6.49. The van der Waals surface area contributed by atoms with Gasteiger partial charge in [-0.1, -0.05) is 6.07 Å². The number of fused-ring (bicyclic) bond motifs is 1. The van der Waals surface area contributed by atoms with Crippen LogP contribution < -0.4 is 5.73 Å². The van der Waals surface area contributed by atoms with E-state index in [4.69, 9.17) is 5.73 Å². The molecule has 0 radical (unpaired) electrons. The zero-order valence-electron chi connectivity index (χ0n) is 7.86. The number of thiazole rings is 1. The Labute approximate surface area is 86.8 Å². The van der Waals surface area contributed by atoms with Gasteiger partial charge in [0.15, 0.2) is 0 Å². The first kappa shape index (κ1) is 8.38. The second-order valence-electron chi connectivity index (χ2n) is 4.19. The zero-order valence-corrected chi connectivity index (χ0v) is 8.68. The topological polar surface area (TPSA) is 38.9 Å². The van der Waals surface area contributed by atoms with Crippen LogP contribution in [-0.4, -0.2) is 10.5 Å². The quantitative estimate of drug-likeness (QED) is 0.815. The normalized spacial score (nSPS) is 18.6. The van der Waals surface area contributed by atoms with E-state index in [-0.39, 0.29) is 5.54 Å². The molecule has 1 heterocycles. The van der Waals surface area contributed by atoms with Gasteiger partial charge in [-0.25, -0.2) is 4.98 Å². The van der Waals surface area contributed by atoms with E-state index < -0.39 is 0 Å². The van der Waals surface area contributed by atoms with Gasteiger partial charge in [-0.3, -0.25) is 0 Å². The molecular weight excluding hydrogens is 192 g/mol. The van der Waals surface area contributed by atoms with Crippen LogP contribution in [0.25, 0.3) is 10.2 Å². The maximum absolute atomic E-state index is 6.08. The minimum Gasteiger partial charge on any atom is -0.325 e. The summed E-state index contributed by atoms with van der Waals surface area (Å²) in [5.41, 5.74) is 10.5. The second-order valence-corrected chi connectivity index (χ2v) is 5.08. The monoisotopic (exact) mass is 204 g/mol. The van der Waals surface area contributed by atoms with Gasteiger partial charge in [-0.2, -0.15) is 0 Å². The summed E-state index contributed by atoms with van der Waals surface area (Å²) < 4.78 is 1.26. The molecule has 0 aliphatic heterocycles. The molecule has 1 fully saturated rings. The van der Waals surface area contributed by atoms with Crippen molar-refractivity contribution in [1.29, 1.82) is 0 Å². The molecular formula is C11H12N2S. The number of benzene rings is 1. The molecule has 0 atom stereocenters. The molecule has 0 spiro atoms. The highest BCUT2D eigenvalue weighted by atomic mass is 32.1. The average molecular weight is 204 g/mol. The lowest BCUT2D eigenvalue weighted by molar-refractivity contribution is 0.672. The predicted molar refractivity (Wildman–Crippen MR) is 59.5 cm³/mol. The van der Waals surface area contributed by atoms with Crippen molar-refractivity contribution in [3.05, 3.63) is 29.3 Å². The molecule has 3 heteroatoms. The molecule has 0 saturated heterocycles. The molecule has 1 saturated carbocycles. The molecule has 0 amide bonds. The summed E-state index contributed by atoms with van der Waals surface area (Å²) in [5, 5.41) is 0. The van der Waals surface area contributed by atoms with Crippen molar-refractivity contribution in [1.82, 2.24) is 4.98 Å². The number of hydrogen-bond donors (Lipinski definition) is 1. The third-order valence-electron chi connectivity index (χ3n) is 2.84. The molecule has 1 aliphatic carbocycles. The van der Waals surface area contributed by atoms with Gasteiger partial charge in [-0.05, 0) is 37.0 Å². The average Bonchev–Trinajstić information content (AvgIpc) is 2.73. The smallest absolute Gasteiger partial charge is 0.0814 e. The van der Waals surface area contributed by atoms with Gasteiger partial charge in [0.05, 0.1) is 15.7 Å². The van der Waals surface area contributed by atoms with Gasteiger partial charge in [0.25, 0.3) is 0 Å². The molecule has 3 rings (SSSR count). The Balaban J connectivity index is 1.97. The Hall–Kier alpha value is -0.930. The van der Waals surface area contributed by atoms with Gasteiger partial charge in [0.2, 0.25) is 0 Å². The maximum Gasteiger partial charge on any atom is 0.0814 e. The van der Waals surface area contributed by atoms with E-state index in [1.54, 1.807) is 11.3 Å². The van der Waals surface area contributed by atoms with E-state index >= 15 is 0 Å². The lowest BCUT2D eigenvalue weighted by atomic mass is 10.1. The van der Waals surface area contributed by atoms with Crippen LogP contribution >= 0.6 is 11.3 Å². The molecule has 0 unspecified atom stereocenters. The Morgan fingerprint density at radius 3 is 3.07 bits per heavy atom. The van der Waals surface area contributed by atoms with Crippen LogP contribution in [0.15, 0.2) is 23.7 Å². The molecule has 1 aliphatic rings. The summed E-state index contributed by atoms with van der Waals surface area (Å²) in [4.78, 5) is 4.31. The van der Waals surface area contributed by atoms with Crippen molar-refractivity contribution in [3.8, 4) is 0 Å². The summed E-state index contributed by atoms with van der Waals surface area (Å²) in [5.74, 6) is 0. The SMILES string of the molecule is NC1(Cc2ccc3scnc3c2)CC1. The van der Waals surface area contributed by atoms with Crippen molar-refractivity contribution in [2.24, 2.45) is 5.73 Å². The van der Waals surface area contributed by atoms with Crippen LogP contribution in [0.5, 0.6) is 0 Å². The van der Waals surface area contributed by atoms with Crippen LogP contribution in [0.2, 0.25) is 0 Å². The van der Waals surface area contributed by atoms with Gasteiger partial charge in [0, 0.05) is 5.54 Å². The Kier molecular flexibility index (Phi) is 1.66. The summed E-state index contributed by atoms with van der Waals surface area (Å²) in [6.07, 6.45) is 3.34. The number of nitrogens with zero attached hydrogens (tertiary/aromatic N) is 1. The Morgan fingerprint density at radius 2 is 2.29 bits per heavy atom. The van der Waals surface area contributed by atoms with Crippen molar-refractivity contribution in [2.45, 2.75) is 24.8 Å². The van der Waals surface area contributed by atoms with E-state index in [1.807, 2.05) is 5.51 Å². The third-order valence-corrected chi connectivity index (χ3v) is 3.65. The van der Waals surface area contributed by atoms with Crippen molar-refractivity contribution < 1.29 is 0 Å². The highest BCUT2D eigenvalue weighted by molar-refractivity contribution is 7.16. The van der Waals surface area contributed by atoms with Crippen molar-refractivity contribution in [2.75, 3.05) is 0 Å². The zero-order chi connectivity index (χ0) is 9.60. The largest absolute Gasteiger partial charge is 0.325 e. The lowest BCUT2D eigenvalue weighted by Gasteiger charge is -2.07. The van der Waals surface area contributed by atoms with E-state index in [0.717, 1.165) is 11.9 Å². The number of aromatic nitrogens is 1. The number of rotatable bonds is 2. The van der Waals surface area contributed by atoms with Crippen LogP contribution in [0, 0.1) is 0 Å². The molecule has 2 N–H and O–H groups in total. The van der Waals surface area contributed by atoms with Crippen LogP contribution in [0.1, 0.15) is 18.4 Å². The molecule has 2 aromatic rings. The fourth-order valence-corrected chi connectivity index (χ4v) is 2.42. The van der Waals surface area contributed by atoms with Gasteiger partial charge >= 0.3 is 0 Å². The Morgan fingerprint density at radius 1 is 1.43 bits per heavy atom. The maximum atomic E-state index is 6.08. The summed E-state index contributed by atoms with van der Waals surface area (Å²) >= 11 is 1.69. The minimum atomic E-state index is 0.101. The molecule has 2 nitrogen and oxygen atoms in total. The molecule has 0 bridgehead atoms. The summed E-state index contributed by atoms with van der Waals surface area (Å²) in [7, 11) is 0. The first-order chi connectivity index (χ1) is 6.75. The number of nitrogens with two attached hydrogens (primary N) is 1. The summed E-state index contributed by atoms with van der Waals surface area (Å²) in [6.45, 7) is 0. The van der Waals surface area contributed by atoms with Crippen molar-refractivity contribution in [3.63, 3.8) is 0 Å². The van der Waals surface area contributed by atoms with E-state index in [0.29, 0.717) is 0 Å². The lowest BCUT2D eigenvalue weighted by Crippen LogP contribution is -2.24.